The number of benzene rings is 2. The fourth-order valence-corrected chi connectivity index (χ4v) is 4.77. The summed E-state index contributed by atoms with van der Waals surface area (Å²) in [5.41, 5.74) is -0.970. The van der Waals surface area contributed by atoms with Gasteiger partial charge in [0.1, 0.15) is 23.0 Å². The second-order valence-corrected chi connectivity index (χ2v) is 8.82. The van der Waals surface area contributed by atoms with Crippen molar-refractivity contribution < 1.29 is 27.9 Å². The van der Waals surface area contributed by atoms with Crippen LogP contribution in [0, 0.1) is 17.5 Å². The molecule has 11 heteroatoms. The van der Waals surface area contributed by atoms with Gasteiger partial charge in [-0.3, -0.25) is 14.4 Å². The van der Waals surface area contributed by atoms with Gasteiger partial charge in [-0.1, -0.05) is 11.6 Å². The zero-order valence-electron chi connectivity index (χ0n) is 17.9. The Morgan fingerprint density at radius 1 is 1.14 bits per heavy atom. The molecule has 0 unspecified atom stereocenters. The Labute approximate surface area is 201 Å². The van der Waals surface area contributed by atoms with Crippen LogP contribution in [0.5, 0.6) is 5.75 Å². The number of carbonyl (C=O) groups is 2. The summed E-state index contributed by atoms with van der Waals surface area (Å²) in [6, 6.07) is 5.69. The van der Waals surface area contributed by atoms with Crippen molar-refractivity contribution in [1.82, 2.24) is 9.88 Å². The van der Waals surface area contributed by atoms with Gasteiger partial charge in [0.2, 0.25) is 5.43 Å². The van der Waals surface area contributed by atoms with E-state index in [1.165, 1.54) is 15.7 Å². The van der Waals surface area contributed by atoms with Gasteiger partial charge in [0.05, 0.1) is 6.04 Å². The summed E-state index contributed by atoms with van der Waals surface area (Å²) in [5, 5.41) is 13.4. The van der Waals surface area contributed by atoms with Crippen molar-refractivity contribution in [2.45, 2.75) is 25.4 Å². The maximum Gasteiger partial charge on any atom is 0.279 e. The fourth-order valence-electron chi connectivity index (χ4n) is 4.57. The molecule has 2 aliphatic rings. The molecule has 1 atom stereocenters. The summed E-state index contributed by atoms with van der Waals surface area (Å²) in [7, 11) is 0. The normalized spacial score (nSPS) is 16.4. The molecule has 1 aromatic heterocycles. The first-order valence-corrected chi connectivity index (χ1v) is 11.0. The van der Waals surface area contributed by atoms with E-state index in [0.29, 0.717) is 35.7 Å². The second-order valence-electron chi connectivity index (χ2n) is 8.39. The van der Waals surface area contributed by atoms with Gasteiger partial charge in [-0.15, -0.1) is 0 Å². The van der Waals surface area contributed by atoms with Gasteiger partial charge in [-0.05, 0) is 36.6 Å². The molecule has 0 radical (unpaired) electrons. The maximum atomic E-state index is 13.9. The summed E-state index contributed by atoms with van der Waals surface area (Å²) in [6.45, 7) is -0.416. The Balaban J connectivity index is 1.50. The molecule has 180 valence electrons. The fraction of sp³-hybridized carbons (Fsp3) is 0.208. The minimum absolute atomic E-state index is 0.246. The second kappa shape index (κ2) is 8.46. The molecule has 0 spiro atoms. The minimum Gasteiger partial charge on any atom is -0.503 e. The summed E-state index contributed by atoms with van der Waals surface area (Å²) in [5.74, 6) is -6.02. The van der Waals surface area contributed by atoms with Gasteiger partial charge < -0.3 is 19.9 Å². The lowest BCUT2D eigenvalue weighted by Crippen LogP contribution is -2.44. The van der Waals surface area contributed by atoms with E-state index in [1.807, 2.05) is 0 Å². The molecular formula is C24H17ClF3N3O4. The van der Waals surface area contributed by atoms with Crippen molar-refractivity contribution in [3.63, 3.8) is 0 Å². The van der Waals surface area contributed by atoms with E-state index in [9.17, 15) is 32.7 Å². The molecule has 7 nitrogen and oxygen atoms in total. The zero-order chi connectivity index (χ0) is 25.0. The van der Waals surface area contributed by atoms with Crippen LogP contribution < -0.4 is 15.6 Å². The lowest BCUT2D eigenvalue weighted by atomic mass is 10.0. The molecule has 3 aromatic rings. The van der Waals surface area contributed by atoms with E-state index in [4.69, 9.17) is 11.6 Å². The Bertz CT molecular complexity index is 1450. The standard InChI is InChI=1S/C24H17ClF3N3O4/c25-12-2-4-19-11(5-12)1-3-14-9-31(19)24(35)20-22(33)21(32)16(10-30(14)20)23(34)29-8-15-17(27)6-13(26)7-18(15)28/h2,4-7,10,14,33H,1,3,8-9H2,(H,29,34)/t14-/m0/s1. The predicted octanol–water partition coefficient (Wildman–Crippen LogP) is 3.70. The van der Waals surface area contributed by atoms with Crippen LogP contribution in [0.3, 0.4) is 0 Å². The van der Waals surface area contributed by atoms with Crippen LogP contribution >= 0.6 is 11.6 Å². The van der Waals surface area contributed by atoms with E-state index in [0.717, 1.165) is 5.56 Å². The average Bonchev–Trinajstić information content (AvgIpc) is 2.96. The number of carbonyl (C=O) groups excluding carboxylic acids is 2. The number of aromatic hydroxyl groups is 1. The van der Waals surface area contributed by atoms with Crippen molar-refractivity contribution >= 4 is 29.1 Å². The molecule has 2 N–H and O–H groups in total. The first kappa shape index (κ1) is 23.0. The average molecular weight is 504 g/mol. The number of nitrogens with zero attached hydrogens (tertiary/aromatic N) is 2. The van der Waals surface area contributed by atoms with Gasteiger partial charge in [-0.25, -0.2) is 13.2 Å². The monoisotopic (exact) mass is 503 g/mol. The number of amides is 2. The summed E-state index contributed by atoms with van der Waals surface area (Å²) in [4.78, 5) is 40.3. The topological polar surface area (TPSA) is 91.6 Å². The highest BCUT2D eigenvalue weighted by Crippen LogP contribution is 2.38. The molecule has 2 aromatic carbocycles. The number of hydrogen-bond donors (Lipinski definition) is 2. The summed E-state index contributed by atoms with van der Waals surface area (Å²) in [6.07, 6.45) is 2.26. The van der Waals surface area contributed by atoms with E-state index < -0.39 is 58.1 Å². The third-order valence-corrected chi connectivity index (χ3v) is 6.54. The molecule has 35 heavy (non-hydrogen) atoms. The van der Waals surface area contributed by atoms with Gasteiger partial charge in [-0.2, -0.15) is 0 Å². The van der Waals surface area contributed by atoms with Crippen LogP contribution in [0.15, 0.2) is 41.3 Å². The van der Waals surface area contributed by atoms with E-state index in [2.05, 4.69) is 5.32 Å². The molecule has 0 saturated carbocycles. The van der Waals surface area contributed by atoms with Crippen LogP contribution in [0.1, 0.15) is 44.4 Å². The Kier molecular flexibility index (Phi) is 5.55. The highest BCUT2D eigenvalue weighted by atomic mass is 35.5. The molecule has 2 aliphatic heterocycles. The molecule has 2 amide bonds. The number of aromatic nitrogens is 1. The van der Waals surface area contributed by atoms with Crippen LogP contribution in [-0.2, 0) is 13.0 Å². The highest BCUT2D eigenvalue weighted by Gasteiger charge is 2.38. The molecule has 2 bridgehead atoms. The van der Waals surface area contributed by atoms with Crippen molar-refractivity contribution in [3.05, 3.63) is 91.6 Å². The molecule has 0 saturated heterocycles. The zero-order valence-corrected chi connectivity index (χ0v) is 18.7. The number of anilines is 1. The third-order valence-electron chi connectivity index (χ3n) is 6.30. The molecule has 0 fully saturated rings. The van der Waals surface area contributed by atoms with Crippen molar-refractivity contribution in [2.24, 2.45) is 0 Å². The molecule has 5 rings (SSSR count). The SMILES string of the molecule is O=C(NCc1c(F)cc(F)cc1F)c1cn2c(c(O)c1=O)C(=O)N1C[C@@H]2CCc2cc(Cl)ccc21. The van der Waals surface area contributed by atoms with Crippen LogP contribution in [0.4, 0.5) is 18.9 Å². The lowest BCUT2D eigenvalue weighted by molar-refractivity contribution is 0.0929. The van der Waals surface area contributed by atoms with Crippen molar-refractivity contribution in [3.8, 4) is 5.75 Å². The largest absolute Gasteiger partial charge is 0.503 e. The number of pyridine rings is 1. The van der Waals surface area contributed by atoms with Gasteiger partial charge in [0.15, 0.2) is 11.4 Å². The number of halogens is 4. The van der Waals surface area contributed by atoms with Crippen LogP contribution in [0.2, 0.25) is 5.02 Å². The highest BCUT2D eigenvalue weighted by molar-refractivity contribution is 6.30. The number of fused-ring (bicyclic) bond motifs is 6. The van der Waals surface area contributed by atoms with E-state index in [-0.39, 0.29) is 18.3 Å². The third kappa shape index (κ3) is 3.83. The summed E-state index contributed by atoms with van der Waals surface area (Å²) >= 11 is 6.10. The van der Waals surface area contributed by atoms with E-state index >= 15 is 0 Å². The quantitative estimate of drug-likeness (QED) is 0.570. The lowest BCUT2D eigenvalue weighted by Gasteiger charge is -2.35. The number of rotatable bonds is 3. The molecular weight excluding hydrogens is 487 g/mol. The Morgan fingerprint density at radius 3 is 2.57 bits per heavy atom. The van der Waals surface area contributed by atoms with Crippen molar-refractivity contribution in [1.29, 1.82) is 0 Å². The van der Waals surface area contributed by atoms with Gasteiger partial charge in [0.25, 0.3) is 11.8 Å². The Hall–Kier alpha value is -3.79. The van der Waals surface area contributed by atoms with Crippen LogP contribution in [0.25, 0.3) is 0 Å². The minimum atomic E-state index is -1.20. The molecule has 3 heterocycles. The summed E-state index contributed by atoms with van der Waals surface area (Å²) < 4.78 is 42.3. The predicted molar refractivity (Wildman–Crippen MR) is 120 cm³/mol. The first-order valence-electron chi connectivity index (χ1n) is 10.7. The van der Waals surface area contributed by atoms with Crippen LogP contribution in [-0.4, -0.2) is 28.0 Å². The number of nitrogens with one attached hydrogen (secondary N) is 1. The maximum absolute atomic E-state index is 13.9. The Morgan fingerprint density at radius 2 is 1.86 bits per heavy atom. The van der Waals surface area contributed by atoms with E-state index in [1.54, 1.807) is 18.2 Å². The smallest absolute Gasteiger partial charge is 0.279 e. The number of aryl methyl sites for hydroxylation is 1. The molecule has 0 aliphatic carbocycles. The number of hydrogen-bond acceptors (Lipinski definition) is 4. The van der Waals surface area contributed by atoms with Gasteiger partial charge >= 0.3 is 0 Å². The van der Waals surface area contributed by atoms with Crippen molar-refractivity contribution in [2.75, 3.05) is 11.4 Å². The first-order chi connectivity index (χ1) is 16.7. The van der Waals surface area contributed by atoms with Gasteiger partial charge in [0, 0.05) is 47.7 Å².